The molecule has 1 aromatic carbocycles. The van der Waals surface area contributed by atoms with Crippen molar-refractivity contribution in [1.82, 2.24) is 5.32 Å². The number of hydrogen-bond donors (Lipinski definition) is 2. The Bertz CT molecular complexity index is 324. The molecule has 0 saturated heterocycles. The zero-order valence-electron chi connectivity index (χ0n) is 11.5. The molecule has 0 spiro atoms. The first kappa shape index (κ1) is 14.2. The van der Waals surface area contributed by atoms with Gasteiger partial charge in [0.1, 0.15) is 0 Å². The van der Waals surface area contributed by atoms with Crippen LogP contribution in [0, 0.1) is 0 Å². The number of rotatable bonds is 5. The van der Waals surface area contributed by atoms with Crippen molar-refractivity contribution >= 4 is 0 Å². The summed E-state index contributed by atoms with van der Waals surface area (Å²) in [4.78, 5) is 0. The van der Waals surface area contributed by atoms with Crippen LogP contribution in [0.3, 0.4) is 0 Å². The predicted molar refractivity (Wildman–Crippen MR) is 73.1 cm³/mol. The van der Waals surface area contributed by atoms with Gasteiger partial charge in [-0.1, -0.05) is 52.0 Å². The molecule has 2 N–H and O–H groups in total. The van der Waals surface area contributed by atoms with E-state index in [2.05, 4.69) is 50.4 Å². The zero-order valence-corrected chi connectivity index (χ0v) is 11.5. The van der Waals surface area contributed by atoms with E-state index in [9.17, 15) is 5.11 Å². The van der Waals surface area contributed by atoms with Gasteiger partial charge in [-0.15, -0.1) is 0 Å². The Morgan fingerprint density at radius 2 is 1.76 bits per heavy atom. The van der Waals surface area contributed by atoms with Crippen LogP contribution >= 0.6 is 0 Å². The Labute approximate surface area is 105 Å². The van der Waals surface area contributed by atoms with E-state index in [1.807, 2.05) is 6.92 Å². The fourth-order valence-electron chi connectivity index (χ4n) is 1.65. The van der Waals surface area contributed by atoms with Gasteiger partial charge in [0, 0.05) is 13.1 Å². The van der Waals surface area contributed by atoms with E-state index >= 15 is 0 Å². The second-order valence-electron chi connectivity index (χ2n) is 5.64. The first-order valence-electron chi connectivity index (χ1n) is 6.41. The molecule has 0 saturated carbocycles. The summed E-state index contributed by atoms with van der Waals surface area (Å²) >= 11 is 0. The predicted octanol–water partition coefficient (Wildman–Crippen LogP) is 2.84. The maximum Gasteiger partial charge on any atom is 0.0662 e. The highest BCUT2D eigenvalue weighted by atomic mass is 16.3. The fourth-order valence-corrected chi connectivity index (χ4v) is 1.65. The SMILES string of the molecule is CCC(O)CNCc1ccc(C(C)(C)C)cc1. The van der Waals surface area contributed by atoms with Crippen LogP contribution in [-0.2, 0) is 12.0 Å². The first-order chi connectivity index (χ1) is 7.93. The van der Waals surface area contributed by atoms with Gasteiger partial charge < -0.3 is 10.4 Å². The minimum atomic E-state index is -0.233. The van der Waals surface area contributed by atoms with Gasteiger partial charge in [-0.05, 0) is 23.0 Å². The molecule has 0 bridgehead atoms. The zero-order chi connectivity index (χ0) is 12.9. The summed E-state index contributed by atoms with van der Waals surface area (Å²) in [7, 11) is 0. The van der Waals surface area contributed by atoms with Gasteiger partial charge in [-0.25, -0.2) is 0 Å². The molecule has 0 aromatic heterocycles. The van der Waals surface area contributed by atoms with E-state index in [1.54, 1.807) is 0 Å². The van der Waals surface area contributed by atoms with E-state index in [-0.39, 0.29) is 11.5 Å². The average Bonchev–Trinajstić information content (AvgIpc) is 2.28. The fraction of sp³-hybridized carbons (Fsp3) is 0.600. The average molecular weight is 235 g/mol. The van der Waals surface area contributed by atoms with Crippen molar-refractivity contribution in [3.63, 3.8) is 0 Å². The highest BCUT2D eigenvalue weighted by Crippen LogP contribution is 2.22. The van der Waals surface area contributed by atoms with Gasteiger partial charge in [0.25, 0.3) is 0 Å². The van der Waals surface area contributed by atoms with Crippen LogP contribution in [0.2, 0.25) is 0 Å². The molecule has 0 aliphatic carbocycles. The standard InChI is InChI=1S/C15H25NO/c1-5-14(17)11-16-10-12-6-8-13(9-7-12)15(2,3)4/h6-9,14,16-17H,5,10-11H2,1-4H3. The molecule has 0 amide bonds. The van der Waals surface area contributed by atoms with Crippen LogP contribution in [0.1, 0.15) is 45.2 Å². The molecule has 0 fully saturated rings. The third kappa shape index (κ3) is 4.88. The lowest BCUT2D eigenvalue weighted by Gasteiger charge is -2.19. The van der Waals surface area contributed by atoms with Crippen molar-refractivity contribution in [3.8, 4) is 0 Å². The van der Waals surface area contributed by atoms with E-state index in [4.69, 9.17) is 0 Å². The largest absolute Gasteiger partial charge is 0.392 e. The van der Waals surface area contributed by atoms with Crippen molar-refractivity contribution in [2.45, 2.75) is 52.2 Å². The summed E-state index contributed by atoms with van der Waals surface area (Å²) in [5, 5.41) is 12.7. The number of benzene rings is 1. The molecule has 17 heavy (non-hydrogen) atoms. The quantitative estimate of drug-likeness (QED) is 0.822. The highest BCUT2D eigenvalue weighted by molar-refractivity contribution is 5.27. The van der Waals surface area contributed by atoms with Crippen molar-refractivity contribution in [2.24, 2.45) is 0 Å². The Balaban J connectivity index is 2.46. The first-order valence-corrected chi connectivity index (χ1v) is 6.41. The second-order valence-corrected chi connectivity index (χ2v) is 5.64. The third-order valence-electron chi connectivity index (χ3n) is 3.00. The Morgan fingerprint density at radius 3 is 2.24 bits per heavy atom. The molecule has 96 valence electrons. The van der Waals surface area contributed by atoms with Gasteiger partial charge in [0.15, 0.2) is 0 Å². The summed E-state index contributed by atoms with van der Waals surface area (Å²) < 4.78 is 0. The minimum absolute atomic E-state index is 0.213. The van der Waals surface area contributed by atoms with Crippen LogP contribution < -0.4 is 5.32 Å². The van der Waals surface area contributed by atoms with Gasteiger partial charge in [-0.2, -0.15) is 0 Å². The molecule has 1 rings (SSSR count). The summed E-state index contributed by atoms with van der Waals surface area (Å²) in [6.45, 7) is 10.1. The van der Waals surface area contributed by atoms with Crippen molar-refractivity contribution in [1.29, 1.82) is 0 Å². The molecule has 2 nitrogen and oxygen atoms in total. The molecule has 0 aliphatic heterocycles. The van der Waals surface area contributed by atoms with E-state index in [0.29, 0.717) is 6.54 Å². The summed E-state index contributed by atoms with van der Waals surface area (Å²) in [6, 6.07) is 8.69. The highest BCUT2D eigenvalue weighted by Gasteiger charge is 2.12. The minimum Gasteiger partial charge on any atom is -0.392 e. The Morgan fingerprint density at radius 1 is 1.18 bits per heavy atom. The number of hydrogen-bond acceptors (Lipinski definition) is 2. The summed E-state index contributed by atoms with van der Waals surface area (Å²) in [5.74, 6) is 0. The second kappa shape index (κ2) is 6.18. The smallest absolute Gasteiger partial charge is 0.0662 e. The maximum atomic E-state index is 9.42. The van der Waals surface area contributed by atoms with Crippen molar-refractivity contribution in [2.75, 3.05) is 6.54 Å². The third-order valence-corrected chi connectivity index (χ3v) is 3.00. The van der Waals surface area contributed by atoms with Crippen molar-refractivity contribution < 1.29 is 5.11 Å². The van der Waals surface area contributed by atoms with Crippen LogP contribution in [0.25, 0.3) is 0 Å². The van der Waals surface area contributed by atoms with E-state index in [0.717, 1.165) is 13.0 Å². The van der Waals surface area contributed by atoms with E-state index < -0.39 is 0 Å². The maximum absolute atomic E-state index is 9.42. The monoisotopic (exact) mass is 235 g/mol. The molecule has 0 heterocycles. The molecule has 1 aromatic rings. The van der Waals surface area contributed by atoms with Gasteiger partial charge in [0.2, 0.25) is 0 Å². The topological polar surface area (TPSA) is 32.3 Å². The number of nitrogens with one attached hydrogen (secondary N) is 1. The molecule has 1 unspecified atom stereocenters. The van der Waals surface area contributed by atoms with Crippen molar-refractivity contribution in [3.05, 3.63) is 35.4 Å². The Hall–Kier alpha value is -0.860. The number of aliphatic hydroxyl groups is 1. The lowest BCUT2D eigenvalue weighted by atomic mass is 9.87. The van der Waals surface area contributed by atoms with Crippen LogP contribution in [0.5, 0.6) is 0 Å². The van der Waals surface area contributed by atoms with Crippen LogP contribution in [0.15, 0.2) is 24.3 Å². The van der Waals surface area contributed by atoms with Gasteiger partial charge >= 0.3 is 0 Å². The van der Waals surface area contributed by atoms with Gasteiger partial charge in [0.05, 0.1) is 6.10 Å². The molecular weight excluding hydrogens is 210 g/mol. The summed E-state index contributed by atoms with van der Waals surface area (Å²) in [5.41, 5.74) is 2.83. The molecule has 0 aliphatic rings. The van der Waals surface area contributed by atoms with Gasteiger partial charge in [-0.3, -0.25) is 0 Å². The molecule has 0 radical (unpaired) electrons. The normalized spacial score (nSPS) is 13.7. The number of aliphatic hydroxyl groups excluding tert-OH is 1. The lowest BCUT2D eigenvalue weighted by molar-refractivity contribution is 0.167. The van der Waals surface area contributed by atoms with Crippen LogP contribution in [0.4, 0.5) is 0 Å². The molecule has 1 atom stereocenters. The molecular formula is C15H25NO. The summed E-state index contributed by atoms with van der Waals surface area (Å²) in [6.07, 6.45) is 0.569. The lowest BCUT2D eigenvalue weighted by Crippen LogP contribution is -2.25. The van der Waals surface area contributed by atoms with Crippen LogP contribution in [-0.4, -0.2) is 17.8 Å². The van der Waals surface area contributed by atoms with E-state index in [1.165, 1.54) is 11.1 Å². The Kier molecular flexibility index (Phi) is 5.16. The molecule has 2 heteroatoms.